The molecule has 1 rings (SSSR count). The summed E-state index contributed by atoms with van der Waals surface area (Å²) in [7, 11) is 6.68. The van der Waals surface area contributed by atoms with Crippen LogP contribution in [0.1, 0.15) is 0 Å². The highest BCUT2D eigenvalue weighted by molar-refractivity contribution is 6.33. The maximum atomic E-state index is 12.8. The van der Waals surface area contributed by atoms with Gasteiger partial charge in [-0.1, -0.05) is 0 Å². The van der Waals surface area contributed by atoms with Crippen molar-refractivity contribution < 1.29 is 38.2 Å². The van der Waals surface area contributed by atoms with Crippen LogP contribution in [0.25, 0.3) is 0 Å². The highest BCUT2D eigenvalue weighted by Crippen LogP contribution is 2.35. The van der Waals surface area contributed by atoms with Gasteiger partial charge in [0.15, 0.2) is 0 Å². The summed E-state index contributed by atoms with van der Waals surface area (Å²) in [6, 6.07) is 0. The topological polar surface area (TPSA) is 120 Å². The fourth-order valence-corrected chi connectivity index (χ4v) is 2.48. The molecular formula is C14H18N2O8. The first-order valence-corrected chi connectivity index (χ1v) is 6.62. The second-order valence-electron chi connectivity index (χ2n) is 5.00. The summed E-state index contributed by atoms with van der Waals surface area (Å²) in [5.41, 5.74) is -3.89. The van der Waals surface area contributed by atoms with E-state index in [4.69, 9.17) is 0 Å². The van der Waals surface area contributed by atoms with Crippen LogP contribution in [0.2, 0.25) is 0 Å². The standard InChI is InChI=1S/C14H18N2O8/c1-15(2)14(13(21)24-6)8(11(19)23-5)7(10(18)22-4)9(17)16(3)12(14)20/h1-6H3. The van der Waals surface area contributed by atoms with Crippen molar-refractivity contribution in [3.05, 3.63) is 11.1 Å². The average molecular weight is 342 g/mol. The van der Waals surface area contributed by atoms with Crippen LogP contribution in [-0.4, -0.2) is 87.5 Å². The van der Waals surface area contributed by atoms with E-state index < -0.39 is 46.4 Å². The third-order valence-corrected chi connectivity index (χ3v) is 3.68. The first kappa shape index (κ1) is 19.3. The van der Waals surface area contributed by atoms with Crippen molar-refractivity contribution >= 4 is 29.7 Å². The van der Waals surface area contributed by atoms with Gasteiger partial charge < -0.3 is 14.2 Å². The van der Waals surface area contributed by atoms with Gasteiger partial charge in [-0.2, -0.15) is 0 Å². The fraction of sp³-hybridized carbons (Fsp3) is 0.500. The summed E-state index contributed by atoms with van der Waals surface area (Å²) in [5.74, 6) is -5.69. The number of rotatable bonds is 4. The van der Waals surface area contributed by atoms with Crippen LogP contribution in [0.4, 0.5) is 0 Å². The number of carbonyl (C=O) groups excluding carboxylic acids is 5. The molecule has 24 heavy (non-hydrogen) atoms. The van der Waals surface area contributed by atoms with E-state index in [-0.39, 0.29) is 0 Å². The Morgan fingerprint density at radius 1 is 0.958 bits per heavy atom. The van der Waals surface area contributed by atoms with Crippen LogP contribution in [0.3, 0.4) is 0 Å². The largest absolute Gasteiger partial charge is 0.467 e. The summed E-state index contributed by atoms with van der Waals surface area (Å²) in [6.45, 7) is 0. The van der Waals surface area contributed by atoms with Crippen molar-refractivity contribution in [3.63, 3.8) is 0 Å². The monoisotopic (exact) mass is 342 g/mol. The van der Waals surface area contributed by atoms with Crippen molar-refractivity contribution in [2.24, 2.45) is 0 Å². The Labute approximate surface area is 137 Å². The van der Waals surface area contributed by atoms with Crippen LogP contribution in [0.15, 0.2) is 11.1 Å². The molecule has 0 fully saturated rings. The molecule has 1 unspecified atom stereocenters. The minimum absolute atomic E-state index is 0.551. The number of nitrogens with zero attached hydrogens (tertiary/aromatic N) is 2. The Bertz CT molecular complexity index is 651. The predicted octanol–water partition coefficient (Wildman–Crippen LogP) is -1.90. The molecule has 10 nitrogen and oxygen atoms in total. The van der Waals surface area contributed by atoms with Crippen LogP contribution in [-0.2, 0) is 38.2 Å². The van der Waals surface area contributed by atoms with E-state index in [2.05, 4.69) is 14.2 Å². The number of likely N-dealkylation sites (N-methyl/N-ethyl adjacent to an activating group) is 2. The summed E-state index contributed by atoms with van der Waals surface area (Å²) in [6.07, 6.45) is 0. The van der Waals surface area contributed by atoms with Crippen LogP contribution >= 0.6 is 0 Å². The lowest BCUT2D eigenvalue weighted by molar-refractivity contribution is -0.167. The van der Waals surface area contributed by atoms with Gasteiger partial charge in [-0.05, 0) is 14.1 Å². The lowest BCUT2D eigenvalue weighted by atomic mass is 9.79. The molecule has 10 heteroatoms. The number of methoxy groups -OCH3 is 3. The molecule has 0 aromatic carbocycles. The second-order valence-corrected chi connectivity index (χ2v) is 5.00. The molecule has 2 amide bonds. The Morgan fingerprint density at radius 2 is 1.46 bits per heavy atom. The highest BCUT2D eigenvalue weighted by Gasteiger charge is 2.63. The normalized spacial score (nSPS) is 21.0. The molecule has 0 aliphatic carbocycles. The third kappa shape index (κ3) is 2.44. The number of esters is 3. The number of carbonyl (C=O) groups is 5. The van der Waals surface area contributed by atoms with E-state index in [1.165, 1.54) is 14.1 Å². The van der Waals surface area contributed by atoms with E-state index >= 15 is 0 Å². The molecule has 0 spiro atoms. The van der Waals surface area contributed by atoms with Crippen molar-refractivity contribution in [2.45, 2.75) is 5.54 Å². The van der Waals surface area contributed by atoms with E-state index in [1.807, 2.05) is 0 Å². The Balaban J connectivity index is 4.06. The molecule has 1 aliphatic rings. The van der Waals surface area contributed by atoms with Crippen molar-refractivity contribution in [3.8, 4) is 0 Å². The number of hydrogen-bond donors (Lipinski definition) is 0. The number of ether oxygens (including phenoxy) is 3. The van der Waals surface area contributed by atoms with Crippen LogP contribution in [0, 0.1) is 0 Å². The Kier molecular flexibility index (Phi) is 5.46. The van der Waals surface area contributed by atoms with Gasteiger partial charge in [-0.25, -0.2) is 14.4 Å². The minimum atomic E-state index is -2.37. The van der Waals surface area contributed by atoms with E-state index in [0.29, 0.717) is 4.90 Å². The number of imide groups is 1. The zero-order chi connectivity index (χ0) is 18.8. The smallest absolute Gasteiger partial charge is 0.344 e. The molecule has 0 aromatic heterocycles. The predicted molar refractivity (Wildman–Crippen MR) is 77.3 cm³/mol. The minimum Gasteiger partial charge on any atom is -0.467 e. The van der Waals surface area contributed by atoms with Crippen LogP contribution in [0.5, 0.6) is 0 Å². The third-order valence-electron chi connectivity index (χ3n) is 3.68. The van der Waals surface area contributed by atoms with Crippen molar-refractivity contribution in [1.82, 2.24) is 9.80 Å². The van der Waals surface area contributed by atoms with Crippen molar-refractivity contribution in [2.75, 3.05) is 42.5 Å². The summed E-state index contributed by atoms with van der Waals surface area (Å²) < 4.78 is 13.8. The van der Waals surface area contributed by atoms with Crippen molar-refractivity contribution in [1.29, 1.82) is 0 Å². The highest BCUT2D eigenvalue weighted by atomic mass is 16.5. The van der Waals surface area contributed by atoms with Gasteiger partial charge in [-0.3, -0.25) is 19.4 Å². The van der Waals surface area contributed by atoms with E-state index in [1.54, 1.807) is 0 Å². The first-order valence-electron chi connectivity index (χ1n) is 6.62. The number of hydrogen-bond acceptors (Lipinski definition) is 9. The molecule has 0 saturated heterocycles. The summed E-state index contributed by atoms with van der Waals surface area (Å²) in [4.78, 5) is 63.5. The van der Waals surface area contributed by atoms with Gasteiger partial charge >= 0.3 is 17.9 Å². The zero-order valence-electron chi connectivity index (χ0n) is 14.2. The summed E-state index contributed by atoms with van der Waals surface area (Å²) in [5, 5.41) is 0. The molecule has 132 valence electrons. The maximum absolute atomic E-state index is 12.8. The Hall–Kier alpha value is -2.75. The SMILES string of the molecule is COC(=O)C1=C(C(=O)OC)C(C(=O)OC)(N(C)C)C(=O)N(C)C1=O. The molecule has 0 aromatic rings. The lowest BCUT2D eigenvalue weighted by Gasteiger charge is -2.41. The Morgan fingerprint density at radius 3 is 1.83 bits per heavy atom. The fourth-order valence-electron chi connectivity index (χ4n) is 2.48. The van der Waals surface area contributed by atoms with Crippen LogP contribution < -0.4 is 0 Å². The molecule has 0 radical (unpaired) electrons. The van der Waals surface area contributed by atoms with Gasteiger partial charge in [0.25, 0.3) is 11.8 Å². The van der Waals surface area contributed by atoms with E-state index in [0.717, 1.165) is 33.3 Å². The van der Waals surface area contributed by atoms with Gasteiger partial charge in [0.2, 0.25) is 5.54 Å². The zero-order valence-corrected chi connectivity index (χ0v) is 14.2. The van der Waals surface area contributed by atoms with Gasteiger partial charge in [-0.15, -0.1) is 0 Å². The molecule has 0 bridgehead atoms. The van der Waals surface area contributed by atoms with Gasteiger partial charge in [0.05, 0.1) is 26.9 Å². The van der Waals surface area contributed by atoms with Gasteiger partial charge in [0, 0.05) is 7.05 Å². The second kappa shape index (κ2) is 6.79. The molecule has 1 heterocycles. The average Bonchev–Trinajstić information content (AvgIpc) is 2.57. The first-order chi connectivity index (χ1) is 11.1. The molecule has 1 atom stereocenters. The molecule has 0 N–H and O–H groups in total. The molecule has 0 saturated carbocycles. The number of amides is 2. The quantitative estimate of drug-likeness (QED) is 0.190. The molecule has 1 aliphatic heterocycles. The lowest BCUT2D eigenvalue weighted by Crippen LogP contribution is -2.68. The summed E-state index contributed by atoms with van der Waals surface area (Å²) >= 11 is 0. The van der Waals surface area contributed by atoms with E-state index in [9.17, 15) is 24.0 Å². The van der Waals surface area contributed by atoms with Gasteiger partial charge in [0.1, 0.15) is 5.57 Å². The maximum Gasteiger partial charge on any atom is 0.344 e. The molecular weight excluding hydrogens is 324 g/mol.